The van der Waals surface area contributed by atoms with Crippen LogP contribution in [0.25, 0.3) is 0 Å². The molecule has 69 heavy (non-hydrogen) atoms. The highest BCUT2D eigenvalue weighted by atomic mass is 32.2. The van der Waals surface area contributed by atoms with Gasteiger partial charge in [-0.25, -0.2) is 0 Å². The van der Waals surface area contributed by atoms with Gasteiger partial charge >= 0.3 is 0 Å². The van der Waals surface area contributed by atoms with Crippen molar-refractivity contribution in [2.45, 2.75) is 205 Å². The first-order valence-electron chi connectivity index (χ1n) is 24.8. The zero-order valence-electron chi connectivity index (χ0n) is 41.4. The van der Waals surface area contributed by atoms with Gasteiger partial charge in [0.15, 0.2) is 0 Å². The number of allylic oxidation sites excluding steroid dienone is 1. The van der Waals surface area contributed by atoms with E-state index >= 15 is 0 Å². The minimum Gasteiger partial charge on any atom is -0.370 e. The summed E-state index contributed by atoms with van der Waals surface area (Å²) in [4.78, 5) is 135. The van der Waals surface area contributed by atoms with E-state index in [1.165, 1.54) is 95.7 Å². The molecule has 12 N–H and O–H groups in total. The molecule has 0 aromatic heterocycles. The van der Waals surface area contributed by atoms with Gasteiger partial charge in [0.2, 0.25) is 53.2 Å². The van der Waals surface area contributed by atoms with Gasteiger partial charge in [-0.2, -0.15) is 0 Å². The molecule has 2 aliphatic rings. The Morgan fingerprint density at radius 2 is 1.35 bits per heavy atom. The lowest BCUT2D eigenvalue weighted by Crippen LogP contribution is -2.68. The molecule has 388 valence electrons. The van der Waals surface area contributed by atoms with Crippen molar-refractivity contribution in [1.82, 2.24) is 42.5 Å². The molecule has 2 rings (SSSR count). The largest absolute Gasteiger partial charge is 0.370 e. The van der Waals surface area contributed by atoms with E-state index < -0.39 is 126 Å². The molecule has 2 heterocycles. The van der Waals surface area contributed by atoms with Crippen LogP contribution in [0.5, 0.6) is 0 Å². The summed E-state index contributed by atoms with van der Waals surface area (Å²) in [5, 5.41) is 21.9. The maximum atomic E-state index is 14.9. The highest BCUT2D eigenvalue weighted by Crippen LogP contribution is 2.25. The molecule has 0 aromatic rings. The van der Waals surface area contributed by atoms with Crippen LogP contribution in [0, 0.1) is 5.92 Å². The molecule has 1 saturated heterocycles. The molecule has 10 amide bonds. The number of amides is 10. The van der Waals surface area contributed by atoms with Gasteiger partial charge in [-0.1, -0.05) is 123 Å². The van der Waals surface area contributed by atoms with E-state index in [9.17, 15) is 47.9 Å². The maximum Gasteiger partial charge on any atom is 0.268 e. The fourth-order valence-electron chi connectivity index (χ4n) is 7.96. The van der Waals surface area contributed by atoms with Crippen molar-refractivity contribution in [2.75, 3.05) is 5.75 Å². The predicted octanol–water partition coefficient (Wildman–Crippen LogP) is 2.49. The Hall–Kier alpha value is -5.47. The molecule has 0 aliphatic carbocycles. The molecule has 2 aliphatic heterocycles. The molecular formula is C48H80N10O10S. The van der Waals surface area contributed by atoms with Crippen molar-refractivity contribution < 1.29 is 47.9 Å². The minimum absolute atomic E-state index is 0.172. The van der Waals surface area contributed by atoms with Crippen LogP contribution in [0.4, 0.5) is 0 Å². The summed E-state index contributed by atoms with van der Waals surface area (Å²) in [7, 11) is 0. The number of hydrogen-bond acceptors (Lipinski definition) is 11. The van der Waals surface area contributed by atoms with Crippen LogP contribution >= 0.6 is 11.8 Å². The van der Waals surface area contributed by atoms with E-state index in [2.05, 4.69) is 49.5 Å². The molecule has 0 bridgehead atoms. The van der Waals surface area contributed by atoms with Gasteiger partial charge in [-0.3, -0.25) is 47.9 Å². The number of thioether (sulfide) groups is 1. The highest BCUT2D eigenvalue weighted by Gasteiger charge is 2.48. The van der Waals surface area contributed by atoms with Gasteiger partial charge in [0, 0.05) is 31.2 Å². The van der Waals surface area contributed by atoms with Crippen LogP contribution in [-0.2, 0) is 47.9 Å². The normalized spacial score (nSPS) is 23.7. The van der Waals surface area contributed by atoms with Crippen molar-refractivity contribution in [2.24, 2.45) is 17.4 Å². The van der Waals surface area contributed by atoms with E-state index in [-0.39, 0.29) is 18.0 Å². The standard InChI is InChI=1S/C48H80N10O10S/c1-6-9-10-11-12-13-14-15-16-17-18-19-20-21-22-23-39(61)52-32(5)41(62)55-36-29-48(58-46(67)40(31(4)7-2)57-43(64)33(8-3)53-45(36)66)30-69-27-26-51-42(63)35(28-38(50)60)54-44(65)34(56-47(48)68)24-25-37(49)59/h8,26-27,31-32,34-36,40H,6-7,9-25,28-30H2,1-5H3,(H2,49,59)(H2,50,60)(H,51,63)(H,52,61)(H,53,66)(H,54,65)(H,55,62)(H,56,68)(H,57,64)(H,58,67)/b27-26-,33-8-/t31-,32-,34-,35-,36?,40-,48?/m0/s1. The number of hydrogen-bond donors (Lipinski definition) is 10. The first-order valence-corrected chi connectivity index (χ1v) is 25.9. The summed E-state index contributed by atoms with van der Waals surface area (Å²) in [6, 6.07) is -7.23. The van der Waals surface area contributed by atoms with E-state index in [1.54, 1.807) is 13.8 Å². The van der Waals surface area contributed by atoms with Crippen molar-refractivity contribution in [3.05, 3.63) is 23.4 Å². The average Bonchev–Trinajstić information content (AvgIpc) is 3.31. The van der Waals surface area contributed by atoms with E-state index in [1.807, 2.05) is 0 Å². The number of nitrogens with one attached hydrogen (secondary N) is 8. The average molecular weight is 989 g/mol. The molecule has 1 spiro atoms. The van der Waals surface area contributed by atoms with Crippen LogP contribution in [-0.4, -0.2) is 101 Å². The molecule has 0 saturated carbocycles. The van der Waals surface area contributed by atoms with Crippen LogP contribution in [0.2, 0.25) is 0 Å². The van der Waals surface area contributed by atoms with Gasteiger partial charge in [0.1, 0.15) is 41.4 Å². The van der Waals surface area contributed by atoms with Crippen LogP contribution in [0.15, 0.2) is 23.4 Å². The molecule has 7 atom stereocenters. The number of primary amides is 2. The topological polar surface area (TPSA) is 319 Å². The monoisotopic (exact) mass is 989 g/mol. The molecular weight excluding hydrogens is 909 g/mol. The first kappa shape index (κ1) is 59.7. The van der Waals surface area contributed by atoms with Gasteiger partial charge in [-0.15, -0.1) is 11.8 Å². The van der Waals surface area contributed by atoms with Crippen molar-refractivity contribution in [1.29, 1.82) is 0 Å². The Kier molecular flexibility index (Phi) is 28.0. The van der Waals surface area contributed by atoms with E-state index in [0.29, 0.717) is 12.8 Å². The summed E-state index contributed by atoms with van der Waals surface area (Å²) in [5.74, 6) is -9.42. The van der Waals surface area contributed by atoms with Crippen molar-refractivity contribution in [3.63, 3.8) is 0 Å². The van der Waals surface area contributed by atoms with Crippen LogP contribution < -0.4 is 54.0 Å². The summed E-state index contributed by atoms with van der Waals surface area (Å²) < 4.78 is 0. The van der Waals surface area contributed by atoms with Gasteiger partial charge in [-0.05, 0) is 38.0 Å². The second-order valence-corrected chi connectivity index (χ2v) is 19.1. The molecule has 0 radical (unpaired) electrons. The Labute approximate surface area is 411 Å². The minimum atomic E-state index is -2.20. The lowest BCUT2D eigenvalue weighted by molar-refractivity contribution is -0.139. The predicted molar refractivity (Wildman–Crippen MR) is 264 cm³/mol. The Balaban J connectivity index is 2.37. The number of rotatable bonds is 26. The number of nitrogens with two attached hydrogens (primary N) is 2. The molecule has 2 unspecified atom stereocenters. The third-order valence-corrected chi connectivity index (χ3v) is 13.4. The summed E-state index contributed by atoms with van der Waals surface area (Å²) >= 11 is 0.893. The molecule has 21 heteroatoms. The zero-order valence-corrected chi connectivity index (χ0v) is 42.2. The zero-order chi connectivity index (χ0) is 51.4. The molecule has 1 fully saturated rings. The van der Waals surface area contributed by atoms with Gasteiger partial charge in [0.05, 0.1) is 6.42 Å². The number of unbranched alkanes of at least 4 members (excludes halogenated alkanes) is 14. The van der Waals surface area contributed by atoms with Gasteiger partial charge < -0.3 is 54.0 Å². The Bertz CT molecular complexity index is 1830. The quantitative estimate of drug-likeness (QED) is 0.0444. The summed E-state index contributed by atoms with van der Waals surface area (Å²) in [6.45, 7) is 8.61. The highest BCUT2D eigenvalue weighted by molar-refractivity contribution is 8.02. The first-order chi connectivity index (χ1) is 32.9. The summed E-state index contributed by atoms with van der Waals surface area (Å²) in [5.41, 5.74) is 8.31. The van der Waals surface area contributed by atoms with E-state index in [0.717, 1.165) is 37.4 Å². The lowest BCUT2D eigenvalue weighted by atomic mass is 9.88. The van der Waals surface area contributed by atoms with Crippen LogP contribution in [0.3, 0.4) is 0 Å². The fraction of sp³-hybridized carbons (Fsp3) is 0.708. The Morgan fingerprint density at radius 1 is 0.754 bits per heavy atom. The summed E-state index contributed by atoms with van der Waals surface area (Å²) in [6.07, 6.45) is 18.5. The smallest absolute Gasteiger partial charge is 0.268 e. The third-order valence-electron chi connectivity index (χ3n) is 12.4. The van der Waals surface area contributed by atoms with Crippen molar-refractivity contribution >= 4 is 70.8 Å². The lowest BCUT2D eigenvalue weighted by Gasteiger charge is -2.38. The SMILES string of the molecule is C/C=C1\NC(=O)C(NC(=O)[C@H](C)NC(=O)CCCCCCCCCCCCCCCCC)CC2(CS/C=C\NC(=O)[C@H](CC(N)=O)NC(=O)[C@H](CCC(N)=O)NC2=O)NC(=O)[C@H]([C@@H](C)CC)NC1=O. The number of carbonyl (C=O) groups excluding carboxylic acids is 10. The van der Waals surface area contributed by atoms with Gasteiger partial charge in [0.25, 0.3) is 5.91 Å². The van der Waals surface area contributed by atoms with Crippen molar-refractivity contribution in [3.8, 4) is 0 Å². The second-order valence-electron chi connectivity index (χ2n) is 18.2. The fourth-order valence-corrected chi connectivity index (χ4v) is 8.82. The maximum absolute atomic E-state index is 14.9. The Morgan fingerprint density at radius 3 is 1.90 bits per heavy atom. The van der Waals surface area contributed by atoms with E-state index in [4.69, 9.17) is 11.5 Å². The third kappa shape index (κ3) is 22.2. The second kappa shape index (κ2) is 32.4. The number of carbonyl (C=O) groups is 10. The van der Waals surface area contributed by atoms with Crippen LogP contribution in [0.1, 0.15) is 169 Å². The molecule has 0 aromatic carbocycles. The molecule has 20 nitrogen and oxygen atoms in total.